The van der Waals surface area contributed by atoms with Crippen LogP contribution in [-0.4, -0.2) is 23.1 Å². The molecule has 0 aliphatic rings. The van der Waals surface area contributed by atoms with Gasteiger partial charge in [-0.25, -0.2) is 4.98 Å². The van der Waals surface area contributed by atoms with Crippen molar-refractivity contribution in [3.05, 3.63) is 16.7 Å². The van der Waals surface area contributed by atoms with Gasteiger partial charge in [0.1, 0.15) is 10.6 Å². The molecule has 0 aliphatic carbocycles. The van der Waals surface area contributed by atoms with E-state index < -0.39 is 0 Å². The fourth-order valence-corrected chi connectivity index (χ4v) is 3.25. The molecule has 19 heavy (non-hydrogen) atoms. The molecular weight excluding hydrogens is 278 g/mol. The maximum absolute atomic E-state index is 6.04. The Kier molecular flexibility index (Phi) is 4.99. The van der Waals surface area contributed by atoms with Gasteiger partial charge in [0.05, 0.1) is 5.39 Å². The van der Waals surface area contributed by atoms with E-state index in [9.17, 15) is 0 Å². The molecule has 0 spiro atoms. The summed E-state index contributed by atoms with van der Waals surface area (Å²) in [4.78, 5) is 12.0. The Labute approximate surface area is 123 Å². The molecule has 2 rings (SSSR count). The number of hydrogen-bond donors (Lipinski definition) is 0. The average molecular weight is 298 g/mol. The molecule has 0 fully saturated rings. The molecule has 0 unspecified atom stereocenters. The zero-order valence-corrected chi connectivity index (χ0v) is 13.3. The van der Waals surface area contributed by atoms with Crippen molar-refractivity contribution in [3.8, 4) is 0 Å². The van der Waals surface area contributed by atoms with Crippen LogP contribution in [0.2, 0.25) is 5.28 Å². The summed E-state index contributed by atoms with van der Waals surface area (Å²) in [5.41, 5.74) is 0. The lowest BCUT2D eigenvalue weighted by molar-refractivity contribution is 0.485. The Bertz CT molecular complexity index is 536. The molecule has 3 nitrogen and oxygen atoms in total. The molecule has 5 heteroatoms. The normalized spacial score (nSPS) is 11.4. The van der Waals surface area contributed by atoms with E-state index in [0.717, 1.165) is 29.1 Å². The van der Waals surface area contributed by atoms with Crippen molar-refractivity contribution in [1.29, 1.82) is 0 Å². The smallest absolute Gasteiger partial charge is 0.225 e. The zero-order chi connectivity index (χ0) is 13.8. The van der Waals surface area contributed by atoms with Gasteiger partial charge in [0.25, 0.3) is 0 Å². The minimum atomic E-state index is 0.341. The maximum atomic E-state index is 6.04. The van der Waals surface area contributed by atoms with Gasteiger partial charge < -0.3 is 4.90 Å². The number of anilines is 1. The third-order valence-electron chi connectivity index (χ3n) is 3.59. The van der Waals surface area contributed by atoms with Gasteiger partial charge in [0, 0.05) is 13.1 Å². The summed E-state index contributed by atoms with van der Waals surface area (Å²) in [5.74, 6) is 1.67. The number of rotatable bonds is 6. The Hall–Kier alpha value is -0.870. The van der Waals surface area contributed by atoms with Crippen molar-refractivity contribution in [2.24, 2.45) is 5.92 Å². The van der Waals surface area contributed by atoms with Crippen molar-refractivity contribution in [2.45, 2.75) is 33.6 Å². The van der Waals surface area contributed by atoms with E-state index in [-0.39, 0.29) is 0 Å². The highest BCUT2D eigenvalue weighted by atomic mass is 35.5. The van der Waals surface area contributed by atoms with Crippen molar-refractivity contribution in [1.82, 2.24) is 9.97 Å². The highest BCUT2D eigenvalue weighted by molar-refractivity contribution is 7.16. The molecule has 0 N–H and O–H groups in total. The van der Waals surface area contributed by atoms with Crippen molar-refractivity contribution < 1.29 is 0 Å². The average Bonchev–Trinajstić information content (AvgIpc) is 2.87. The van der Waals surface area contributed by atoms with E-state index in [1.165, 1.54) is 12.8 Å². The van der Waals surface area contributed by atoms with Crippen LogP contribution in [0.3, 0.4) is 0 Å². The first kappa shape index (κ1) is 14.5. The molecule has 0 saturated heterocycles. The van der Waals surface area contributed by atoms with Crippen LogP contribution in [0.5, 0.6) is 0 Å². The molecule has 0 aromatic carbocycles. The van der Waals surface area contributed by atoms with Crippen LogP contribution in [0.25, 0.3) is 10.2 Å². The lowest BCUT2D eigenvalue weighted by atomic mass is 10.0. The third-order valence-corrected chi connectivity index (χ3v) is 4.57. The summed E-state index contributed by atoms with van der Waals surface area (Å²) in [6.45, 7) is 8.62. The van der Waals surface area contributed by atoms with Crippen LogP contribution < -0.4 is 4.90 Å². The van der Waals surface area contributed by atoms with Gasteiger partial charge in [-0.3, -0.25) is 0 Å². The molecule has 0 aliphatic heterocycles. The van der Waals surface area contributed by atoms with E-state index in [1.807, 2.05) is 5.38 Å². The topological polar surface area (TPSA) is 29.0 Å². The van der Waals surface area contributed by atoms with E-state index >= 15 is 0 Å². The summed E-state index contributed by atoms with van der Waals surface area (Å²) in [6, 6.07) is 2.08. The second-order valence-corrected chi connectivity index (χ2v) is 5.91. The lowest BCUT2D eigenvalue weighted by Crippen LogP contribution is -2.30. The summed E-state index contributed by atoms with van der Waals surface area (Å²) in [6.07, 6.45) is 2.39. The molecule has 0 radical (unpaired) electrons. The summed E-state index contributed by atoms with van der Waals surface area (Å²) in [5, 5.41) is 3.50. The SMILES string of the molecule is CCC(CC)CN(CC)c1nc(Cl)nc2sccc12. The van der Waals surface area contributed by atoms with Crippen LogP contribution in [0.1, 0.15) is 33.6 Å². The Morgan fingerprint density at radius 3 is 2.63 bits per heavy atom. The zero-order valence-electron chi connectivity index (χ0n) is 11.7. The van der Waals surface area contributed by atoms with Gasteiger partial charge in [0.15, 0.2) is 0 Å². The molecule has 2 heterocycles. The molecule has 2 aromatic rings. The molecule has 0 saturated carbocycles. The van der Waals surface area contributed by atoms with Crippen molar-refractivity contribution in [3.63, 3.8) is 0 Å². The third kappa shape index (κ3) is 3.18. The molecule has 0 atom stereocenters. The summed E-state index contributed by atoms with van der Waals surface area (Å²) in [7, 11) is 0. The molecule has 104 valence electrons. The minimum absolute atomic E-state index is 0.341. The summed E-state index contributed by atoms with van der Waals surface area (Å²) >= 11 is 7.66. The van der Waals surface area contributed by atoms with Crippen LogP contribution >= 0.6 is 22.9 Å². The van der Waals surface area contributed by atoms with Gasteiger partial charge in [-0.1, -0.05) is 26.7 Å². The predicted molar refractivity (Wildman–Crippen MR) is 84.4 cm³/mol. The first-order chi connectivity index (χ1) is 9.19. The predicted octanol–water partition coefficient (Wildman–Crippen LogP) is 4.61. The molecular formula is C14H20ClN3S. The van der Waals surface area contributed by atoms with Crippen LogP contribution in [0, 0.1) is 5.92 Å². The first-order valence-corrected chi connectivity index (χ1v) is 8.10. The first-order valence-electron chi connectivity index (χ1n) is 6.85. The fraction of sp³-hybridized carbons (Fsp3) is 0.571. The van der Waals surface area contributed by atoms with Crippen molar-refractivity contribution >= 4 is 39.0 Å². The number of hydrogen-bond acceptors (Lipinski definition) is 4. The Balaban J connectivity index is 2.36. The van der Waals surface area contributed by atoms with E-state index in [1.54, 1.807) is 11.3 Å². The number of fused-ring (bicyclic) bond motifs is 1. The van der Waals surface area contributed by atoms with Crippen molar-refractivity contribution in [2.75, 3.05) is 18.0 Å². The quantitative estimate of drug-likeness (QED) is 0.729. The fourth-order valence-electron chi connectivity index (χ4n) is 2.28. The van der Waals surface area contributed by atoms with E-state index in [2.05, 4.69) is 41.7 Å². The molecule has 2 aromatic heterocycles. The largest absolute Gasteiger partial charge is 0.356 e. The Morgan fingerprint density at radius 1 is 1.26 bits per heavy atom. The van der Waals surface area contributed by atoms with Crippen LogP contribution in [0.4, 0.5) is 5.82 Å². The number of nitrogens with zero attached hydrogens (tertiary/aromatic N) is 3. The number of thiophene rings is 1. The second kappa shape index (κ2) is 6.53. The van der Waals surface area contributed by atoms with Crippen LogP contribution in [-0.2, 0) is 0 Å². The highest BCUT2D eigenvalue weighted by Gasteiger charge is 2.16. The van der Waals surface area contributed by atoms with Gasteiger partial charge in [0.2, 0.25) is 5.28 Å². The summed E-state index contributed by atoms with van der Waals surface area (Å²) < 4.78 is 0. The maximum Gasteiger partial charge on any atom is 0.225 e. The van der Waals surface area contributed by atoms with E-state index in [0.29, 0.717) is 11.2 Å². The number of halogens is 1. The van der Waals surface area contributed by atoms with Gasteiger partial charge >= 0.3 is 0 Å². The monoisotopic (exact) mass is 297 g/mol. The number of aromatic nitrogens is 2. The Morgan fingerprint density at radius 2 is 2.00 bits per heavy atom. The standard InChI is InChI=1S/C14H20ClN3S/c1-4-10(5-2)9-18(6-3)12-11-7-8-19-13(11)17-14(15)16-12/h7-8,10H,4-6,9H2,1-3H3. The van der Waals surface area contributed by atoms with Gasteiger partial charge in [-0.15, -0.1) is 11.3 Å². The second-order valence-electron chi connectivity index (χ2n) is 4.68. The lowest BCUT2D eigenvalue weighted by Gasteiger charge is -2.27. The molecule has 0 amide bonds. The van der Waals surface area contributed by atoms with Gasteiger partial charge in [-0.05, 0) is 35.9 Å². The minimum Gasteiger partial charge on any atom is -0.356 e. The van der Waals surface area contributed by atoms with Gasteiger partial charge in [-0.2, -0.15) is 4.98 Å². The highest BCUT2D eigenvalue weighted by Crippen LogP contribution is 2.29. The molecule has 0 bridgehead atoms. The van der Waals surface area contributed by atoms with Crippen LogP contribution in [0.15, 0.2) is 11.4 Å². The van der Waals surface area contributed by atoms with E-state index in [4.69, 9.17) is 11.6 Å².